The Morgan fingerprint density at radius 1 is 1.04 bits per heavy atom. The van der Waals surface area contributed by atoms with Gasteiger partial charge >= 0.3 is 17.9 Å². The van der Waals surface area contributed by atoms with Gasteiger partial charge in [0.05, 0.1) is 37.7 Å². The zero-order valence-electron chi connectivity index (χ0n) is 15.1. The number of hydrogen-bond acceptors (Lipinski definition) is 9. The molecule has 1 aliphatic heterocycles. The minimum atomic E-state index is -0.786. The molecule has 1 heterocycles. The van der Waals surface area contributed by atoms with Gasteiger partial charge in [0.1, 0.15) is 19.0 Å². The maximum absolute atomic E-state index is 12.4. The van der Waals surface area contributed by atoms with Crippen LogP contribution in [0.2, 0.25) is 0 Å². The van der Waals surface area contributed by atoms with Gasteiger partial charge in [-0.2, -0.15) is 0 Å². The van der Waals surface area contributed by atoms with E-state index in [9.17, 15) is 19.2 Å². The summed E-state index contributed by atoms with van der Waals surface area (Å²) < 4.78 is 19.8. The quantitative estimate of drug-likeness (QED) is 0.526. The maximum atomic E-state index is 12.4. The van der Waals surface area contributed by atoms with Crippen molar-refractivity contribution in [2.24, 2.45) is 0 Å². The first-order valence-corrected chi connectivity index (χ1v) is 7.91. The highest BCUT2D eigenvalue weighted by molar-refractivity contribution is 6.05. The molecule has 9 heteroatoms. The number of benzene rings is 1. The number of rotatable bonds is 6. The smallest absolute Gasteiger partial charge is 0.355 e. The fourth-order valence-electron chi connectivity index (χ4n) is 2.46. The molecule has 1 aromatic rings. The molecule has 0 aliphatic carbocycles. The second-order valence-electron chi connectivity index (χ2n) is 5.51. The number of ether oxygens (including phenoxy) is 4. The van der Waals surface area contributed by atoms with Gasteiger partial charge in [-0.1, -0.05) is 12.1 Å². The number of nitrogens with zero attached hydrogens (tertiary/aromatic N) is 1. The van der Waals surface area contributed by atoms with E-state index in [1.54, 1.807) is 18.2 Å². The van der Waals surface area contributed by atoms with Crippen molar-refractivity contribution in [1.82, 2.24) is 0 Å². The van der Waals surface area contributed by atoms with Crippen LogP contribution in [0.5, 0.6) is 0 Å². The lowest BCUT2D eigenvalue weighted by atomic mass is 10.1. The van der Waals surface area contributed by atoms with E-state index in [-0.39, 0.29) is 48.2 Å². The Morgan fingerprint density at radius 3 is 2.33 bits per heavy atom. The van der Waals surface area contributed by atoms with E-state index >= 15 is 0 Å². The molecule has 144 valence electrons. The van der Waals surface area contributed by atoms with Gasteiger partial charge < -0.3 is 23.8 Å². The molecule has 0 saturated heterocycles. The molecule has 1 aromatic carbocycles. The van der Waals surface area contributed by atoms with Crippen LogP contribution < -0.4 is 4.90 Å². The number of carbonyl (C=O) groups excluding carboxylic acids is 4. The molecule has 27 heavy (non-hydrogen) atoms. The summed E-state index contributed by atoms with van der Waals surface area (Å²) >= 11 is 0. The van der Waals surface area contributed by atoms with Crippen LogP contribution in [-0.2, 0) is 33.3 Å². The van der Waals surface area contributed by atoms with Crippen molar-refractivity contribution < 1.29 is 38.1 Å². The predicted molar refractivity (Wildman–Crippen MR) is 91.8 cm³/mol. The topological polar surface area (TPSA) is 108 Å². The van der Waals surface area contributed by atoms with E-state index < -0.39 is 17.9 Å². The normalized spacial score (nSPS) is 13.8. The molecule has 0 N–H and O–H groups in total. The standard InChI is InChI=1S/C18H19NO8/c1-11(20)8-27-17(22)12-6-4-5-7-14(12)19-10-26-9-13(16(21)24-2)15(19)18(23)25-3/h4-7H,8-10H2,1-3H3. The number of para-hydroxylation sites is 1. The lowest BCUT2D eigenvalue weighted by Gasteiger charge is -2.32. The summed E-state index contributed by atoms with van der Waals surface area (Å²) in [5.74, 6) is -2.61. The van der Waals surface area contributed by atoms with Crippen molar-refractivity contribution in [3.05, 3.63) is 41.1 Å². The summed E-state index contributed by atoms with van der Waals surface area (Å²) in [6.45, 7) is 0.654. The first-order chi connectivity index (χ1) is 12.9. The highest BCUT2D eigenvalue weighted by Gasteiger charge is 2.34. The van der Waals surface area contributed by atoms with E-state index in [4.69, 9.17) is 18.9 Å². The van der Waals surface area contributed by atoms with Crippen molar-refractivity contribution >= 4 is 29.4 Å². The van der Waals surface area contributed by atoms with Crippen molar-refractivity contribution in [3.63, 3.8) is 0 Å². The fraction of sp³-hybridized carbons (Fsp3) is 0.333. The van der Waals surface area contributed by atoms with Gasteiger partial charge in [0.2, 0.25) is 0 Å². The summed E-state index contributed by atoms with van der Waals surface area (Å²) in [5.41, 5.74) is 0.215. The number of anilines is 1. The Labute approximate surface area is 155 Å². The fourth-order valence-corrected chi connectivity index (χ4v) is 2.46. The third-order valence-corrected chi connectivity index (χ3v) is 3.65. The van der Waals surface area contributed by atoms with Crippen LogP contribution in [0.3, 0.4) is 0 Å². The predicted octanol–water partition coefficient (Wildman–Crippen LogP) is 0.827. The molecule has 0 radical (unpaired) electrons. The van der Waals surface area contributed by atoms with E-state index in [1.807, 2.05) is 0 Å². The number of carbonyl (C=O) groups is 4. The van der Waals surface area contributed by atoms with Gasteiger partial charge in [0, 0.05) is 0 Å². The minimum absolute atomic E-state index is 0.0393. The largest absolute Gasteiger partial charge is 0.466 e. The van der Waals surface area contributed by atoms with Gasteiger partial charge in [0.15, 0.2) is 5.78 Å². The zero-order chi connectivity index (χ0) is 20.0. The molecular formula is C18H19NO8. The Kier molecular flexibility index (Phi) is 6.67. The summed E-state index contributed by atoms with van der Waals surface area (Å²) in [4.78, 5) is 49.1. The Bertz CT molecular complexity index is 798. The van der Waals surface area contributed by atoms with Gasteiger partial charge in [0.25, 0.3) is 0 Å². The molecular weight excluding hydrogens is 358 g/mol. The van der Waals surface area contributed by atoms with E-state index in [0.29, 0.717) is 0 Å². The average molecular weight is 377 g/mol. The van der Waals surface area contributed by atoms with Crippen LogP contribution in [0.15, 0.2) is 35.5 Å². The van der Waals surface area contributed by atoms with Crippen molar-refractivity contribution in [2.45, 2.75) is 6.92 Å². The third kappa shape index (κ3) is 4.50. The number of methoxy groups -OCH3 is 2. The second kappa shape index (κ2) is 8.95. The summed E-state index contributed by atoms with van der Waals surface area (Å²) in [7, 11) is 2.35. The highest BCUT2D eigenvalue weighted by atomic mass is 16.5. The lowest BCUT2D eigenvalue weighted by molar-refractivity contribution is -0.140. The van der Waals surface area contributed by atoms with Crippen molar-refractivity contribution in [3.8, 4) is 0 Å². The molecule has 1 aliphatic rings. The molecule has 2 rings (SSSR count). The van der Waals surface area contributed by atoms with Crippen LogP contribution in [0.1, 0.15) is 17.3 Å². The van der Waals surface area contributed by atoms with Crippen LogP contribution in [0.4, 0.5) is 5.69 Å². The Balaban J connectivity index is 2.52. The SMILES string of the molecule is COC(=O)C1=C(C(=O)OC)N(c2ccccc2C(=O)OCC(C)=O)COC1. The molecule has 0 amide bonds. The van der Waals surface area contributed by atoms with Crippen LogP contribution in [0.25, 0.3) is 0 Å². The highest BCUT2D eigenvalue weighted by Crippen LogP contribution is 2.30. The zero-order valence-corrected chi connectivity index (χ0v) is 15.1. The molecule has 0 fully saturated rings. The number of ketones is 1. The summed E-state index contributed by atoms with van der Waals surface area (Å²) in [6, 6.07) is 6.26. The molecule has 0 unspecified atom stereocenters. The van der Waals surface area contributed by atoms with Crippen molar-refractivity contribution in [1.29, 1.82) is 0 Å². The second-order valence-corrected chi connectivity index (χ2v) is 5.51. The Hall–Kier alpha value is -3.20. The monoisotopic (exact) mass is 377 g/mol. The molecule has 0 saturated carbocycles. The van der Waals surface area contributed by atoms with Crippen LogP contribution in [0, 0.1) is 0 Å². The Morgan fingerprint density at radius 2 is 1.70 bits per heavy atom. The molecule has 0 atom stereocenters. The van der Waals surface area contributed by atoms with Crippen LogP contribution in [-0.4, -0.2) is 57.9 Å². The van der Waals surface area contributed by atoms with E-state index in [0.717, 1.165) is 0 Å². The van der Waals surface area contributed by atoms with E-state index in [2.05, 4.69) is 0 Å². The first kappa shape index (κ1) is 20.1. The van der Waals surface area contributed by atoms with Crippen LogP contribution >= 0.6 is 0 Å². The first-order valence-electron chi connectivity index (χ1n) is 7.91. The molecule has 0 aromatic heterocycles. The van der Waals surface area contributed by atoms with Gasteiger partial charge in [-0.25, -0.2) is 14.4 Å². The molecule has 9 nitrogen and oxygen atoms in total. The summed E-state index contributed by atoms with van der Waals surface area (Å²) in [5, 5.41) is 0. The van der Waals surface area contributed by atoms with Gasteiger partial charge in [-0.15, -0.1) is 0 Å². The molecule has 0 bridgehead atoms. The van der Waals surface area contributed by atoms with Gasteiger partial charge in [-0.3, -0.25) is 4.79 Å². The number of hydrogen-bond donors (Lipinski definition) is 0. The molecule has 0 spiro atoms. The summed E-state index contributed by atoms with van der Waals surface area (Å²) in [6.07, 6.45) is 0. The number of Topliss-reactive ketones (excluding diaryl/α,β-unsaturated/α-hetero) is 1. The van der Waals surface area contributed by atoms with Gasteiger partial charge in [-0.05, 0) is 19.1 Å². The van der Waals surface area contributed by atoms with E-state index in [1.165, 1.54) is 32.1 Å². The third-order valence-electron chi connectivity index (χ3n) is 3.65. The minimum Gasteiger partial charge on any atom is -0.466 e. The lowest BCUT2D eigenvalue weighted by Crippen LogP contribution is -2.39. The van der Waals surface area contributed by atoms with Crippen molar-refractivity contribution in [2.75, 3.05) is 39.1 Å². The average Bonchev–Trinajstić information content (AvgIpc) is 2.70. The maximum Gasteiger partial charge on any atom is 0.355 e. The number of esters is 3.